The summed E-state index contributed by atoms with van der Waals surface area (Å²) in [6.07, 6.45) is 8.18. The van der Waals surface area contributed by atoms with E-state index in [0.29, 0.717) is 23.3 Å². The van der Waals surface area contributed by atoms with E-state index in [-0.39, 0.29) is 5.91 Å². The minimum Gasteiger partial charge on any atom is -0.378 e. The second-order valence-corrected chi connectivity index (χ2v) is 8.00. The van der Waals surface area contributed by atoms with Gasteiger partial charge in [0.25, 0.3) is 5.91 Å². The molecule has 2 fully saturated rings. The van der Waals surface area contributed by atoms with Gasteiger partial charge in [-0.05, 0) is 45.4 Å². The van der Waals surface area contributed by atoms with Gasteiger partial charge in [-0.1, -0.05) is 19.3 Å². The molecule has 1 aromatic heterocycles. The van der Waals surface area contributed by atoms with Gasteiger partial charge in [-0.3, -0.25) is 9.69 Å². The highest BCUT2D eigenvalue weighted by Gasteiger charge is 2.56. The van der Waals surface area contributed by atoms with Crippen LogP contribution in [0.5, 0.6) is 0 Å². The molecule has 1 heterocycles. The van der Waals surface area contributed by atoms with Crippen LogP contribution in [-0.2, 0) is 11.3 Å². The van der Waals surface area contributed by atoms with Gasteiger partial charge in [0, 0.05) is 44.4 Å². The summed E-state index contributed by atoms with van der Waals surface area (Å²) < 4.78 is 6.08. The maximum absolute atomic E-state index is 12.1. The molecule has 140 valence electrons. The number of carbonyl (C=O) groups excluding carboxylic acids is 1. The first-order chi connectivity index (χ1) is 12.0. The molecule has 1 aromatic rings. The Morgan fingerprint density at radius 3 is 2.60 bits per heavy atom. The lowest BCUT2D eigenvalue weighted by Crippen LogP contribution is -2.64. The first kappa shape index (κ1) is 18.5. The summed E-state index contributed by atoms with van der Waals surface area (Å²) in [4.78, 5) is 19.4. The van der Waals surface area contributed by atoms with Gasteiger partial charge in [0.2, 0.25) is 0 Å². The van der Waals surface area contributed by atoms with Gasteiger partial charge < -0.3 is 14.6 Å². The summed E-state index contributed by atoms with van der Waals surface area (Å²) in [5.41, 5.74) is 2.12. The average molecular weight is 348 g/mol. The maximum atomic E-state index is 12.1. The molecule has 5 nitrogen and oxygen atoms in total. The van der Waals surface area contributed by atoms with Crippen LogP contribution < -0.4 is 0 Å². The Morgan fingerprint density at radius 1 is 1.24 bits per heavy atom. The summed E-state index contributed by atoms with van der Waals surface area (Å²) in [7, 11) is 5.78. The molecule has 25 heavy (non-hydrogen) atoms. The van der Waals surface area contributed by atoms with Crippen LogP contribution in [0.25, 0.3) is 0 Å². The molecule has 3 rings (SSSR count). The number of aromatic amines is 1. The molecule has 5 heteroatoms. The minimum absolute atomic E-state index is 0.0257. The van der Waals surface area contributed by atoms with Crippen molar-refractivity contribution in [2.45, 2.75) is 64.1 Å². The average Bonchev–Trinajstić information content (AvgIpc) is 3.06. The van der Waals surface area contributed by atoms with E-state index in [9.17, 15) is 4.79 Å². The number of rotatable bonds is 6. The van der Waals surface area contributed by atoms with E-state index in [1.165, 1.54) is 32.1 Å². The number of carbonyl (C=O) groups is 1. The van der Waals surface area contributed by atoms with E-state index in [0.717, 1.165) is 25.3 Å². The van der Waals surface area contributed by atoms with E-state index in [1.54, 1.807) is 19.0 Å². The van der Waals surface area contributed by atoms with E-state index < -0.39 is 0 Å². The highest BCUT2D eigenvalue weighted by molar-refractivity contribution is 5.92. The highest BCUT2D eigenvalue weighted by atomic mass is 16.5. The Morgan fingerprint density at radius 2 is 1.96 bits per heavy atom. The third-order valence-electron chi connectivity index (χ3n) is 6.23. The van der Waals surface area contributed by atoms with E-state index in [1.807, 2.05) is 12.1 Å². The molecule has 0 radical (unpaired) electrons. The first-order valence-corrected chi connectivity index (χ1v) is 9.69. The third-order valence-corrected chi connectivity index (χ3v) is 6.23. The standard InChI is InChI=1S/C20H33N3O2/c1-5-25-18-13-17(20(18)11-7-6-8-12-20)23(4)14-15-9-10-16(21-15)19(24)22(2)3/h9-10,17-18,21H,5-8,11-14H2,1-4H3/t17-,18+/m0/s1. The number of nitrogens with one attached hydrogen (secondary N) is 1. The summed E-state index contributed by atoms with van der Waals surface area (Å²) >= 11 is 0. The number of amides is 1. The normalized spacial score (nSPS) is 25.2. The Hall–Kier alpha value is -1.33. The van der Waals surface area contributed by atoms with Crippen LogP contribution in [0.15, 0.2) is 12.1 Å². The molecule has 2 saturated carbocycles. The van der Waals surface area contributed by atoms with Crippen LogP contribution in [0.3, 0.4) is 0 Å². The van der Waals surface area contributed by atoms with E-state index >= 15 is 0 Å². The first-order valence-electron chi connectivity index (χ1n) is 9.69. The van der Waals surface area contributed by atoms with Crippen LogP contribution in [0, 0.1) is 5.41 Å². The zero-order chi connectivity index (χ0) is 18.0. The molecular formula is C20H33N3O2. The predicted molar refractivity (Wildman–Crippen MR) is 99.6 cm³/mol. The van der Waals surface area contributed by atoms with E-state index in [4.69, 9.17) is 4.74 Å². The number of hydrogen-bond donors (Lipinski definition) is 1. The highest BCUT2D eigenvalue weighted by Crippen LogP contribution is 2.55. The smallest absolute Gasteiger partial charge is 0.269 e. The second kappa shape index (κ2) is 7.50. The Bertz CT molecular complexity index is 590. The van der Waals surface area contributed by atoms with Crippen LogP contribution in [0.4, 0.5) is 0 Å². The zero-order valence-corrected chi connectivity index (χ0v) is 16.2. The molecule has 0 aromatic carbocycles. The van der Waals surface area contributed by atoms with Crippen molar-refractivity contribution in [3.05, 3.63) is 23.5 Å². The monoisotopic (exact) mass is 347 g/mol. The Balaban J connectivity index is 1.66. The number of H-pyrrole nitrogens is 1. The van der Waals surface area contributed by atoms with Gasteiger partial charge in [-0.25, -0.2) is 0 Å². The molecule has 0 bridgehead atoms. The summed E-state index contributed by atoms with van der Waals surface area (Å²) in [6.45, 7) is 3.78. The fourth-order valence-electron chi connectivity index (χ4n) is 4.92. The summed E-state index contributed by atoms with van der Waals surface area (Å²) in [5, 5.41) is 0. The van der Waals surface area contributed by atoms with Crippen LogP contribution >= 0.6 is 0 Å². The van der Waals surface area contributed by atoms with Gasteiger partial charge in [-0.15, -0.1) is 0 Å². The van der Waals surface area contributed by atoms with Crippen molar-refractivity contribution >= 4 is 5.91 Å². The van der Waals surface area contributed by atoms with Gasteiger partial charge in [-0.2, -0.15) is 0 Å². The molecule has 0 unspecified atom stereocenters. The molecule has 2 atom stereocenters. The van der Waals surface area contributed by atoms with Gasteiger partial charge >= 0.3 is 0 Å². The predicted octanol–water partition coefficient (Wildman–Crippen LogP) is 3.28. The van der Waals surface area contributed by atoms with Crippen molar-refractivity contribution in [3.8, 4) is 0 Å². The topological polar surface area (TPSA) is 48.6 Å². The van der Waals surface area contributed by atoms with Crippen LogP contribution in [0.2, 0.25) is 0 Å². The lowest BCUT2D eigenvalue weighted by molar-refractivity contribution is -0.180. The van der Waals surface area contributed by atoms with Gasteiger partial charge in [0.05, 0.1) is 6.10 Å². The Labute approximate surface area is 151 Å². The van der Waals surface area contributed by atoms with Gasteiger partial charge in [0.1, 0.15) is 5.69 Å². The summed E-state index contributed by atoms with van der Waals surface area (Å²) in [6, 6.07) is 4.52. The zero-order valence-electron chi connectivity index (χ0n) is 16.2. The van der Waals surface area contributed by atoms with Crippen molar-refractivity contribution < 1.29 is 9.53 Å². The van der Waals surface area contributed by atoms with Crippen molar-refractivity contribution in [2.24, 2.45) is 5.41 Å². The molecule has 2 aliphatic rings. The van der Waals surface area contributed by atoms with Crippen LogP contribution in [-0.4, -0.2) is 60.6 Å². The van der Waals surface area contributed by atoms with Gasteiger partial charge in [0.15, 0.2) is 0 Å². The van der Waals surface area contributed by atoms with Crippen LogP contribution in [0.1, 0.15) is 61.6 Å². The largest absolute Gasteiger partial charge is 0.378 e. The molecule has 1 amide bonds. The van der Waals surface area contributed by atoms with Crippen molar-refractivity contribution in [1.29, 1.82) is 0 Å². The number of nitrogens with zero attached hydrogens (tertiary/aromatic N) is 2. The second-order valence-electron chi connectivity index (χ2n) is 8.00. The van der Waals surface area contributed by atoms with Crippen molar-refractivity contribution in [1.82, 2.24) is 14.8 Å². The number of hydrogen-bond acceptors (Lipinski definition) is 3. The number of ether oxygens (including phenoxy) is 1. The van der Waals surface area contributed by atoms with Crippen molar-refractivity contribution in [3.63, 3.8) is 0 Å². The molecule has 2 aliphatic carbocycles. The lowest BCUT2D eigenvalue weighted by atomic mass is 9.54. The molecule has 0 saturated heterocycles. The lowest BCUT2D eigenvalue weighted by Gasteiger charge is -2.60. The van der Waals surface area contributed by atoms with E-state index in [2.05, 4.69) is 23.9 Å². The molecular weight excluding hydrogens is 314 g/mol. The third kappa shape index (κ3) is 3.49. The molecule has 1 N–H and O–H groups in total. The fourth-order valence-corrected chi connectivity index (χ4v) is 4.92. The molecule has 1 spiro atoms. The SMILES string of the molecule is CCO[C@@H]1C[C@H](N(C)Cc2ccc(C(=O)N(C)C)[nH]2)C12CCCCC2. The minimum atomic E-state index is 0.0257. The fraction of sp³-hybridized carbons (Fsp3) is 0.750. The van der Waals surface area contributed by atoms with Crippen molar-refractivity contribution in [2.75, 3.05) is 27.7 Å². The maximum Gasteiger partial charge on any atom is 0.269 e. The Kier molecular flexibility index (Phi) is 5.54. The number of aromatic nitrogens is 1. The quantitative estimate of drug-likeness (QED) is 0.859. The molecule has 0 aliphatic heterocycles. The summed E-state index contributed by atoms with van der Waals surface area (Å²) in [5.74, 6) is 0.0257.